The van der Waals surface area contributed by atoms with Gasteiger partial charge in [-0.1, -0.05) is 12.1 Å². The third-order valence-electron chi connectivity index (χ3n) is 2.79. The summed E-state index contributed by atoms with van der Waals surface area (Å²) in [6, 6.07) is 8.49. The first-order valence-corrected chi connectivity index (χ1v) is 6.61. The molecule has 3 rings (SSSR count). The second kappa shape index (κ2) is 4.97. The van der Waals surface area contributed by atoms with Crippen LogP contribution in [0.4, 0.5) is 5.69 Å². The topological polar surface area (TPSA) is 75.1 Å². The van der Waals surface area contributed by atoms with Gasteiger partial charge in [0.25, 0.3) is 5.91 Å². The zero-order chi connectivity index (χ0) is 14.1. The molecule has 0 fully saturated rings. The molecule has 100 valence electrons. The molecule has 0 unspecified atom stereocenters. The molecular weight excluding hydrogens is 324 g/mol. The Morgan fingerprint density at radius 3 is 2.90 bits per heavy atom. The first-order valence-electron chi connectivity index (χ1n) is 5.81. The highest BCUT2D eigenvalue weighted by Gasteiger charge is 2.14. The van der Waals surface area contributed by atoms with Crippen LogP contribution >= 0.6 is 15.9 Å². The maximum absolute atomic E-state index is 12.1. The molecule has 6 heteroatoms. The summed E-state index contributed by atoms with van der Waals surface area (Å²) in [6.45, 7) is 0. The lowest BCUT2D eigenvalue weighted by atomic mass is 10.2. The lowest BCUT2D eigenvalue weighted by Crippen LogP contribution is -2.17. The van der Waals surface area contributed by atoms with Gasteiger partial charge in [-0.2, -0.15) is 0 Å². The highest BCUT2D eigenvalue weighted by Crippen LogP contribution is 2.27. The van der Waals surface area contributed by atoms with Crippen LogP contribution in [0.5, 0.6) is 0 Å². The molecular formula is C14H9BrN2O3. The number of rotatable bonds is 2. The molecule has 0 saturated carbocycles. The van der Waals surface area contributed by atoms with E-state index in [1.165, 1.54) is 18.5 Å². The Morgan fingerprint density at radius 2 is 2.15 bits per heavy atom. The predicted molar refractivity (Wildman–Crippen MR) is 78.9 cm³/mol. The number of carbonyl (C=O) groups excluding carboxylic acids is 1. The SMILES string of the molecule is O=C(Nc1c[nH]ccc1=O)c1cc2cccc(Br)c2o1. The van der Waals surface area contributed by atoms with Gasteiger partial charge < -0.3 is 14.7 Å². The number of anilines is 1. The summed E-state index contributed by atoms with van der Waals surface area (Å²) >= 11 is 3.36. The average molecular weight is 333 g/mol. The Bertz CT molecular complexity index is 851. The third-order valence-corrected chi connectivity index (χ3v) is 3.42. The van der Waals surface area contributed by atoms with Crippen molar-refractivity contribution in [3.63, 3.8) is 0 Å². The van der Waals surface area contributed by atoms with Crippen molar-refractivity contribution >= 4 is 38.5 Å². The van der Waals surface area contributed by atoms with Gasteiger partial charge in [0.1, 0.15) is 11.3 Å². The minimum absolute atomic E-state index is 0.148. The Labute approximate surface area is 121 Å². The lowest BCUT2D eigenvalue weighted by Gasteiger charge is -2.00. The molecule has 2 aromatic heterocycles. The van der Waals surface area contributed by atoms with E-state index in [4.69, 9.17) is 4.42 Å². The molecule has 2 heterocycles. The average Bonchev–Trinajstić information content (AvgIpc) is 2.87. The van der Waals surface area contributed by atoms with Crippen molar-refractivity contribution in [3.05, 3.63) is 63.2 Å². The second-order valence-electron chi connectivity index (χ2n) is 4.15. The van der Waals surface area contributed by atoms with Crippen LogP contribution in [0.2, 0.25) is 0 Å². The molecule has 0 saturated heterocycles. The summed E-state index contributed by atoms with van der Waals surface area (Å²) in [4.78, 5) is 26.4. The molecule has 2 N–H and O–H groups in total. The number of H-pyrrole nitrogens is 1. The van der Waals surface area contributed by atoms with Gasteiger partial charge in [-0.3, -0.25) is 9.59 Å². The van der Waals surface area contributed by atoms with Crippen molar-refractivity contribution in [2.75, 3.05) is 5.32 Å². The molecule has 0 aliphatic carbocycles. The van der Waals surface area contributed by atoms with Crippen LogP contribution in [0.1, 0.15) is 10.6 Å². The number of hydrogen-bond acceptors (Lipinski definition) is 3. The number of fused-ring (bicyclic) bond motifs is 1. The largest absolute Gasteiger partial charge is 0.450 e. The fourth-order valence-electron chi connectivity index (χ4n) is 1.84. The maximum Gasteiger partial charge on any atom is 0.291 e. The quantitative estimate of drug-likeness (QED) is 0.757. The van der Waals surface area contributed by atoms with Gasteiger partial charge in [-0.05, 0) is 28.1 Å². The van der Waals surface area contributed by atoms with E-state index >= 15 is 0 Å². The predicted octanol–water partition coefficient (Wildman–Crippen LogP) is 3.14. The molecule has 0 radical (unpaired) electrons. The van der Waals surface area contributed by atoms with Gasteiger partial charge >= 0.3 is 0 Å². The summed E-state index contributed by atoms with van der Waals surface area (Å²) in [6.07, 6.45) is 2.93. The van der Waals surface area contributed by atoms with E-state index in [9.17, 15) is 9.59 Å². The van der Waals surface area contributed by atoms with E-state index in [1.807, 2.05) is 18.2 Å². The fourth-order valence-corrected chi connectivity index (χ4v) is 2.30. The molecule has 3 aromatic rings. The van der Waals surface area contributed by atoms with Crippen molar-refractivity contribution < 1.29 is 9.21 Å². The zero-order valence-electron chi connectivity index (χ0n) is 10.1. The Kier molecular flexibility index (Phi) is 3.15. The molecule has 5 nitrogen and oxygen atoms in total. The number of aromatic nitrogens is 1. The number of furan rings is 1. The highest BCUT2D eigenvalue weighted by molar-refractivity contribution is 9.10. The van der Waals surface area contributed by atoms with Gasteiger partial charge in [0.2, 0.25) is 5.43 Å². The van der Waals surface area contributed by atoms with Gasteiger partial charge in [-0.15, -0.1) is 0 Å². The number of hydrogen-bond donors (Lipinski definition) is 2. The molecule has 0 aliphatic rings. The highest BCUT2D eigenvalue weighted by atomic mass is 79.9. The van der Waals surface area contributed by atoms with E-state index in [0.717, 1.165) is 9.86 Å². The number of amides is 1. The number of aromatic amines is 1. The van der Waals surface area contributed by atoms with Crippen molar-refractivity contribution in [2.45, 2.75) is 0 Å². The molecule has 20 heavy (non-hydrogen) atoms. The van der Waals surface area contributed by atoms with Crippen molar-refractivity contribution in [3.8, 4) is 0 Å². The van der Waals surface area contributed by atoms with Crippen molar-refractivity contribution in [1.82, 2.24) is 4.98 Å². The summed E-state index contributed by atoms with van der Waals surface area (Å²) in [5, 5.41) is 3.33. The number of halogens is 1. The lowest BCUT2D eigenvalue weighted by molar-refractivity contribution is 0.0998. The normalized spacial score (nSPS) is 10.7. The minimum atomic E-state index is -0.468. The number of nitrogens with one attached hydrogen (secondary N) is 2. The smallest absolute Gasteiger partial charge is 0.291 e. The molecule has 1 amide bonds. The number of pyridine rings is 1. The molecule has 0 spiro atoms. The van der Waals surface area contributed by atoms with Gasteiger partial charge in [0.15, 0.2) is 5.76 Å². The van der Waals surface area contributed by atoms with Gasteiger partial charge in [0.05, 0.1) is 4.47 Å². The summed E-state index contributed by atoms with van der Waals surface area (Å²) < 4.78 is 6.27. The minimum Gasteiger partial charge on any atom is -0.450 e. The monoisotopic (exact) mass is 332 g/mol. The first-order chi connectivity index (χ1) is 9.65. The van der Waals surface area contributed by atoms with E-state index in [1.54, 1.807) is 6.07 Å². The van der Waals surface area contributed by atoms with Crippen LogP contribution in [0.15, 0.2) is 56.4 Å². The maximum atomic E-state index is 12.1. The van der Waals surface area contributed by atoms with Crippen LogP contribution in [0.3, 0.4) is 0 Å². The van der Waals surface area contributed by atoms with Crippen LogP contribution in [0, 0.1) is 0 Å². The third kappa shape index (κ3) is 2.25. The fraction of sp³-hybridized carbons (Fsp3) is 0. The second-order valence-corrected chi connectivity index (χ2v) is 5.00. The zero-order valence-corrected chi connectivity index (χ0v) is 11.7. The van der Waals surface area contributed by atoms with E-state index in [0.29, 0.717) is 5.58 Å². The van der Waals surface area contributed by atoms with Crippen molar-refractivity contribution in [2.24, 2.45) is 0 Å². The summed E-state index contributed by atoms with van der Waals surface area (Å²) in [5.74, 6) is -0.319. The molecule has 0 aliphatic heterocycles. The van der Waals surface area contributed by atoms with Gasteiger partial charge in [0, 0.05) is 23.8 Å². The first kappa shape index (κ1) is 12.7. The Balaban J connectivity index is 1.95. The van der Waals surface area contributed by atoms with Crippen LogP contribution in [0.25, 0.3) is 11.0 Å². The number of carbonyl (C=O) groups is 1. The van der Waals surface area contributed by atoms with Crippen LogP contribution in [-0.4, -0.2) is 10.9 Å². The van der Waals surface area contributed by atoms with E-state index < -0.39 is 5.91 Å². The van der Waals surface area contributed by atoms with E-state index in [-0.39, 0.29) is 16.9 Å². The van der Waals surface area contributed by atoms with E-state index in [2.05, 4.69) is 26.2 Å². The van der Waals surface area contributed by atoms with Crippen molar-refractivity contribution in [1.29, 1.82) is 0 Å². The summed E-state index contributed by atoms with van der Waals surface area (Å²) in [5.41, 5.74) is 0.506. The van der Waals surface area contributed by atoms with Crippen LogP contribution < -0.4 is 10.7 Å². The Hall–Kier alpha value is -2.34. The number of para-hydroxylation sites is 1. The molecule has 0 atom stereocenters. The standard InChI is InChI=1S/C14H9BrN2O3/c15-9-3-1-2-8-6-12(20-13(8)9)14(19)17-10-7-16-5-4-11(10)18/h1-7H,(H,16,18)(H,17,19). The van der Waals surface area contributed by atoms with Gasteiger partial charge in [-0.25, -0.2) is 0 Å². The summed E-state index contributed by atoms with van der Waals surface area (Å²) in [7, 11) is 0. The number of benzene rings is 1. The molecule has 0 bridgehead atoms. The van der Waals surface area contributed by atoms with Crippen LogP contribution in [-0.2, 0) is 0 Å². The molecule has 1 aromatic carbocycles. The Morgan fingerprint density at radius 1 is 1.30 bits per heavy atom.